The van der Waals surface area contributed by atoms with Crippen molar-refractivity contribution >= 4 is 17.1 Å². The van der Waals surface area contributed by atoms with E-state index in [1.54, 1.807) is 0 Å². The summed E-state index contributed by atoms with van der Waals surface area (Å²) in [7, 11) is 0. The predicted molar refractivity (Wildman–Crippen MR) is 291 cm³/mol. The Hall–Kier alpha value is -6.91. The summed E-state index contributed by atoms with van der Waals surface area (Å²) in [4.78, 5) is 4.64. The Bertz CT molecular complexity index is 3860. The third-order valence-corrected chi connectivity index (χ3v) is 15.1. The van der Waals surface area contributed by atoms with E-state index < -0.39 is 42.4 Å². The lowest BCUT2D eigenvalue weighted by Gasteiger charge is -2.49. The van der Waals surface area contributed by atoms with Crippen LogP contribution in [0.3, 0.4) is 0 Å². The van der Waals surface area contributed by atoms with Crippen LogP contribution in [0.5, 0.6) is 5.75 Å². The van der Waals surface area contributed by atoms with Crippen LogP contribution in [0.4, 0.5) is 17.1 Å². The van der Waals surface area contributed by atoms with Gasteiger partial charge in [0, 0.05) is 44.2 Å². The molecular formula is C66H66N3O+. The van der Waals surface area contributed by atoms with Gasteiger partial charge in [0.15, 0.2) is 6.20 Å². The summed E-state index contributed by atoms with van der Waals surface area (Å²) in [5.74, 6) is -0.701. The van der Waals surface area contributed by atoms with Crippen molar-refractivity contribution in [1.29, 1.82) is 0 Å². The number of benzene rings is 7. The molecule has 0 N–H and O–H groups in total. The molecule has 4 aliphatic rings. The van der Waals surface area contributed by atoms with Crippen LogP contribution < -0.4 is 19.1 Å². The van der Waals surface area contributed by atoms with Gasteiger partial charge in [0.1, 0.15) is 17.5 Å². The van der Waals surface area contributed by atoms with Crippen molar-refractivity contribution in [2.24, 2.45) is 0 Å². The summed E-state index contributed by atoms with van der Waals surface area (Å²) in [6, 6.07) is 40.2. The van der Waals surface area contributed by atoms with Crippen molar-refractivity contribution in [2.45, 2.75) is 124 Å². The average Bonchev–Trinajstić information content (AvgIpc) is 1.85. The lowest BCUT2D eigenvalue weighted by Crippen LogP contribution is -2.71. The topological polar surface area (TPSA) is 19.6 Å². The minimum absolute atomic E-state index is 0.117. The number of ether oxygens (including phenoxy) is 1. The standard InChI is InChI=1S/C66H66N3O/c1-40-34-44(57-47(42-24-18-15-19-25-42)26-20-28-52(57)64(8,9)10)30-31-54(40)68-55-29-21-27-48-49-36-45(62(2,3)4)37-50-56-35-43(41-22-16-14-17-23-41)32-33-67(56)66(58(49)50)69(59(48)55)61(68)51-38-46(63(5,6)7)39-53(60(51)70-66)65(11,12)13/h14-39,61H,1-13H3/q+1/i1D3,14D,16D,17D,22D,23D. The highest BCUT2D eigenvalue weighted by molar-refractivity contribution is 6.02. The van der Waals surface area contributed by atoms with Gasteiger partial charge in [-0.05, 0) is 121 Å². The molecule has 1 aromatic heterocycles. The quantitative estimate of drug-likeness (QED) is 0.164. The number of rotatable bonds is 4. The van der Waals surface area contributed by atoms with Gasteiger partial charge in [0.2, 0.25) is 5.69 Å². The molecule has 12 rings (SSSR count). The van der Waals surface area contributed by atoms with Gasteiger partial charge in [-0.15, -0.1) is 4.57 Å². The molecule has 70 heavy (non-hydrogen) atoms. The Labute approximate surface area is 427 Å². The van der Waals surface area contributed by atoms with Crippen LogP contribution in [0, 0.1) is 6.85 Å². The summed E-state index contributed by atoms with van der Waals surface area (Å²) in [5.41, 5.74) is 15.4. The van der Waals surface area contributed by atoms with Gasteiger partial charge in [-0.1, -0.05) is 186 Å². The first-order valence-corrected chi connectivity index (χ1v) is 24.7. The first kappa shape index (κ1) is 36.1. The van der Waals surface area contributed by atoms with Crippen molar-refractivity contribution < 1.29 is 20.3 Å². The van der Waals surface area contributed by atoms with Crippen molar-refractivity contribution in [3.05, 3.63) is 197 Å². The molecule has 4 nitrogen and oxygen atoms in total. The van der Waals surface area contributed by atoms with Gasteiger partial charge in [-0.25, -0.2) is 4.90 Å². The number of pyridine rings is 1. The van der Waals surface area contributed by atoms with E-state index in [1.807, 2.05) is 48.7 Å². The molecule has 8 aromatic rings. The van der Waals surface area contributed by atoms with E-state index in [2.05, 4.69) is 176 Å². The highest BCUT2D eigenvalue weighted by Gasteiger charge is 2.70. The zero-order valence-electron chi connectivity index (χ0n) is 50.5. The zero-order valence-corrected chi connectivity index (χ0v) is 42.5. The molecule has 0 radical (unpaired) electrons. The second-order valence-electron chi connectivity index (χ2n) is 23.9. The number of aromatic nitrogens is 1. The van der Waals surface area contributed by atoms with Crippen molar-refractivity contribution in [3.63, 3.8) is 0 Å². The molecule has 0 saturated carbocycles. The molecule has 4 heteroatoms. The molecule has 0 amide bonds. The summed E-state index contributed by atoms with van der Waals surface area (Å²) < 4.78 is 82.8. The summed E-state index contributed by atoms with van der Waals surface area (Å²) in [6.07, 6.45) is 1.29. The molecule has 0 bridgehead atoms. The minimum Gasteiger partial charge on any atom is -0.410 e. The van der Waals surface area contributed by atoms with Crippen LogP contribution in [-0.2, 0) is 27.5 Å². The van der Waals surface area contributed by atoms with Crippen molar-refractivity contribution in [3.8, 4) is 61.5 Å². The van der Waals surface area contributed by atoms with Crippen LogP contribution in [0.15, 0.2) is 158 Å². The second-order valence-corrected chi connectivity index (χ2v) is 23.9. The van der Waals surface area contributed by atoms with E-state index in [0.29, 0.717) is 17.0 Å². The smallest absolute Gasteiger partial charge is 0.410 e. The maximum absolute atomic E-state index is 9.55. The molecule has 1 spiro atoms. The predicted octanol–water partition coefficient (Wildman–Crippen LogP) is 16.8. The molecule has 350 valence electrons. The van der Waals surface area contributed by atoms with Gasteiger partial charge in [-0.2, -0.15) is 0 Å². The van der Waals surface area contributed by atoms with Gasteiger partial charge in [0.25, 0.3) is 0 Å². The highest BCUT2D eigenvalue weighted by atomic mass is 16.5. The van der Waals surface area contributed by atoms with E-state index in [-0.39, 0.29) is 39.5 Å². The summed E-state index contributed by atoms with van der Waals surface area (Å²) >= 11 is 0. The first-order valence-electron chi connectivity index (χ1n) is 28.7. The fourth-order valence-electron chi connectivity index (χ4n) is 11.6. The molecule has 0 aliphatic carbocycles. The Morgan fingerprint density at radius 2 is 1.24 bits per heavy atom. The van der Waals surface area contributed by atoms with Gasteiger partial charge in [0.05, 0.1) is 23.8 Å². The van der Waals surface area contributed by atoms with Crippen LogP contribution in [0.2, 0.25) is 0 Å². The fourth-order valence-corrected chi connectivity index (χ4v) is 11.6. The molecule has 4 aliphatic heterocycles. The zero-order chi connectivity index (χ0) is 55.9. The summed E-state index contributed by atoms with van der Waals surface area (Å²) in [5, 5.41) is 0. The SMILES string of the molecule is [2H]c1c([2H])c([2H])c(-c2cc[n+]3c(c2)-c2cc(C(C)(C)C)cc4c2C32Oc3c(cc(C(C)(C)C)cc3C(C)(C)C)C3N(c5ccc(-c6c(-c7ccccc7)cccc6C(C)(C)C)cc5C([2H])([2H])[2H])c5cccc-4c5N32)c([2H])c1[2H]. The monoisotopic (exact) mass is 925 g/mol. The van der Waals surface area contributed by atoms with Crippen LogP contribution in [0.25, 0.3) is 55.8 Å². The number of hydrogen-bond donors (Lipinski definition) is 0. The van der Waals surface area contributed by atoms with Crippen LogP contribution >= 0.6 is 0 Å². The Balaban J connectivity index is 1.21. The molecule has 5 heterocycles. The van der Waals surface area contributed by atoms with Gasteiger partial charge < -0.3 is 9.64 Å². The molecule has 2 atom stereocenters. The number of para-hydroxylation sites is 1. The van der Waals surface area contributed by atoms with E-state index >= 15 is 0 Å². The number of anilines is 3. The summed E-state index contributed by atoms with van der Waals surface area (Å²) in [6.45, 7) is 23.9. The Kier molecular flexibility index (Phi) is 7.64. The maximum atomic E-state index is 9.55. The van der Waals surface area contributed by atoms with E-state index in [9.17, 15) is 4.11 Å². The van der Waals surface area contributed by atoms with Crippen LogP contribution in [-0.4, -0.2) is 0 Å². The molecule has 2 unspecified atom stereocenters. The lowest BCUT2D eigenvalue weighted by atomic mass is 9.77. The molecule has 7 aromatic carbocycles. The Morgan fingerprint density at radius 1 is 0.557 bits per heavy atom. The van der Waals surface area contributed by atoms with Crippen molar-refractivity contribution in [2.75, 3.05) is 9.80 Å². The number of hydrogen-bond acceptors (Lipinski definition) is 3. The van der Waals surface area contributed by atoms with E-state index in [1.165, 1.54) is 0 Å². The average molecular weight is 925 g/mol. The normalized spacial score (nSPS) is 19.3. The maximum Gasteiger partial charge on any atom is 0.432 e. The number of nitrogens with zero attached hydrogens (tertiary/aromatic N) is 3. The van der Waals surface area contributed by atoms with E-state index in [0.717, 1.165) is 89.4 Å². The third kappa shape index (κ3) is 6.37. The molecule has 0 fully saturated rings. The molecule has 0 saturated heterocycles. The minimum atomic E-state index is -2.57. The third-order valence-electron chi connectivity index (χ3n) is 15.1. The first-order chi connectivity index (χ1) is 36.4. The van der Waals surface area contributed by atoms with Gasteiger partial charge in [-0.3, -0.25) is 0 Å². The number of aryl methyl sites for hydroxylation is 1. The van der Waals surface area contributed by atoms with Crippen molar-refractivity contribution in [1.82, 2.24) is 0 Å². The number of fused-ring (bicyclic) bond motifs is 5. The molecular weight excluding hydrogens is 851 g/mol. The van der Waals surface area contributed by atoms with Gasteiger partial charge >= 0.3 is 5.85 Å². The van der Waals surface area contributed by atoms with Crippen LogP contribution in [0.1, 0.15) is 139 Å². The Morgan fingerprint density at radius 3 is 1.94 bits per heavy atom. The lowest BCUT2D eigenvalue weighted by molar-refractivity contribution is -0.774. The highest BCUT2D eigenvalue weighted by Crippen LogP contribution is 2.68. The largest absolute Gasteiger partial charge is 0.432 e. The second kappa shape index (κ2) is 14.8. The fraction of sp³-hybridized carbons (Fsp3) is 0.288. The van der Waals surface area contributed by atoms with E-state index in [4.69, 9.17) is 11.6 Å².